The Kier molecular flexibility index (Phi) is 4.92. The molecule has 1 saturated carbocycles. The number of piperazine rings is 1. The molecule has 0 unspecified atom stereocenters. The van der Waals surface area contributed by atoms with Crippen LogP contribution in [0.25, 0.3) is 5.69 Å². The SMILES string of the molecule is O=C(C1CCCC1)N1CCN(Cc2nnnn2-c2ccc(F)cc2)CC1. The van der Waals surface area contributed by atoms with Crippen molar-refractivity contribution in [2.75, 3.05) is 26.2 Å². The first-order valence-electron chi connectivity index (χ1n) is 9.25. The molecule has 2 aromatic rings. The second-order valence-corrected chi connectivity index (χ2v) is 7.07. The monoisotopic (exact) mass is 358 g/mol. The Morgan fingerprint density at radius 3 is 2.46 bits per heavy atom. The third-order valence-electron chi connectivity index (χ3n) is 5.36. The number of amides is 1. The average molecular weight is 358 g/mol. The van der Waals surface area contributed by atoms with Crippen LogP contribution in [0.1, 0.15) is 31.5 Å². The molecule has 0 radical (unpaired) electrons. The molecule has 2 heterocycles. The van der Waals surface area contributed by atoms with E-state index in [9.17, 15) is 9.18 Å². The molecule has 4 rings (SSSR count). The normalized spacial score (nSPS) is 19.2. The van der Waals surface area contributed by atoms with Crippen molar-refractivity contribution in [2.24, 2.45) is 5.92 Å². The smallest absolute Gasteiger partial charge is 0.225 e. The lowest BCUT2D eigenvalue weighted by Crippen LogP contribution is -2.49. The largest absolute Gasteiger partial charge is 0.340 e. The maximum absolute atomic E-state index is 13.1. The van der Waals surface area contributed by atoms with Gasteiger partial charge in [0, 0.05) is 32.1 Å². The van der Waals surface area contributed by atoms with Gasteiger partial charge < -0.3 is 4.90 Å². The second-order valence-electron chi connectivity index (χ2n) is 7.07. The fraction of sp³-hybridized carbons (Fsp3) is 0.556. The summed E-state index contributed by atoms with van der Waals surface area (Å²) in [6.07, 6.45) is 4.46. The van der Waals surface area contributed by atoms with E-state index >= 15 is 0 Å². The maximum atomic E-state index is 13.1. The number of rotatable bonds is 4. The Labute approximate surface area is 151 Å². The summed E-state index contributed by atoms with van der Waals surface area (Å²) in [5.41, 5.74) is 0.737. The van der Waals surface area contributed by atoms with Crippen LogP contribution in [0.15, 0.2) is 24.3 Å². The summed E-state index contributed by atoms with van der Waals surface area (Å²) in [7, 11) is 0. The lowest BCUT2D eigenvalue weighted by atomic mass is 10.1. The number of nitrogens with zero attached hydrogens (tertiary/aromatic N) is 6. The first-order chi connectivity index (χ1) is 12.7. The van der Waals surface area contributed by atoms with Crippen molar-refractivity contribution in [3.05, 3.63) is 35.9 Å². The summed E-state index contributed by atoms with van der Waals surface area (Å²) in [4.78, 5) is 16.8. The minimum atomic E-state index is -0.286. The number of hydrogen-bond acceptors (Lipinski definition) is 5. The molecule has 1 saturated heterocycles. The van der Waals surface area contributed by atoms with Gasteiger partial charge in [-0.15, -0.1) is 5.10 Å². The Bertz CT molecular complexity index is 747. The van der Waals surface area contributed by atoms with Crippen molar-refractivity contribution in [1.29, 1.82) is 0 Å². The molecule has 8 heteroatoms. The van der Waals surface area contributed by atoms with Gasteiger partial charge in [0.25, 0.3) is 0 Å². The van der Waals surface area contributed by atoms with Crippen molar-refractivity contribution >= 4 is 5.91 Å². The van der Waals surface area contributed by atoms with Crippen molar-refractivity contribution in [1.82, 2.24) is 30.0 Å². The van der Waals surface area contributed by atoms with Crippen molar-refractivity contribution in [3.8, 4) is 5.69 Å². The number of benzene rings is 1. The summed E-state index contributed by atoms with van der Waals surface area (Å²) in [6.45, 7) is 3.75. The molecule has 1 aromatic carbocycles. The lowest BCUT2D eigenvalue weighted by Gasteiger charge is -2.35. The number of carbonyl (C=O) groups excluding carboxylic acids is 1. The number of carbonyl (C=O) groups is 1. The van der Waals surface area contributed by atoms with Crippen LogP contribution in [0.3, 0.4) is 0 Å². The summed E-state index contributed by atoms with van der Waals surface area (Å²) in [5.74, 6) is 1.00. The summed E-state index contributed by atoms with van der Waals surface area (Å²) in [6, 6.07) is 6.11. The molecule has 1 aliphatic carbocycles. The Morgan fingerprint density at radius 2 is 1.77 bits per heavy atom. The van der Waals surface area contributed by atoms with E-state index in [1.54, 1.807) is 16.8 Å². The quantitative estimate of drug-likeness (QED) is 0.831. The van der Waals surface area contributed by atoms with Crippen molar-refractivity contribution in [3.63, 3.8) is 0 Å². The highest BCUT2D eigenvalue weighted by atomic mass is 19.1. The Balaban J connectivity index is 1.36. The molecule has 0 bridgehead atoms. The second kappa shape index (κ2) is 7.49. The lowest BCUT2D eigenvalue weighted by molar-refractivity contribution is -0.137. The molecule has 7 nitrogen and oxygen atoms in total. The van der Waals surface area contributed by atoms with Gasteiger partial charge in [0.05, 0.1) is 12.2 Å². The highest BCUT2D eigenvalue weighted by molar-refractivity contribution is 5.79. The van der Waals surface area contributed by atoms with Gasteiger partial charge in [-0.05, 0) is 47.5 Å². The van der Waals surface area contributed by atoms with Crippen LogP contribution in [0, 0.1) is 11.7 Å². The summed E-state index contributed by atoms with van der Waals surface area (Å²) in [5, 5.41) is 11.9. The summed E-state index contributed by atoms with van der Waals surface area (Å²) >= 11 is 0. The average Bonchev–Trinajstić information content (AvgIpc) is 3.35. The van der Waals surface area contributed by atoms with E-state index in [-0.39, 0.29) is 11.7 Å². The molecule has 0 atom stereocenters. The van der Waals surface area contributed by atoms with Gasteiger partial charge in [0.15, 0.2) is 5.82 Å². The molecule has 0 N–H and O–H groups in total. The third kappa shape index (κ3) is 3.60. The first kappa shape index (κ1) is 17.1. The van der Waals surface area contributed by atoms with Crippen LogP contribution < -0.4 is 0 Å². The van der Waals surface area contributed by atoms with E-state index in [4.69, 9.17) is 0 Å². The van der Waals surface area contributed by atoms with E-state index < -0.39 is 0 Å². The minimum absolute atomic E-state index is 0.243. The van der Waals surface area contributed by atoms with Gasteiger partial charge in [-0.2, -0.15) is 4.68 Å². The van der Waals surface area contributed by atoms with Gasteiger partial charge in [0.1, 0.15) is 5.82 Å². The number of tetrazole rings is 1. The third-order valence-corrected chi connectivity index (χ3v) is 5.36. The van der Waals surface area contributed by atoms with Gasteiger partial charge in [-0.1, -0.05) is 12.8 Å². The maximum Gasteiger partial charge on any atom is 0.225 e. The fourth-order valence-corrected chi connectivity index (χ4v) is 3.84. The van der Waals surface area contributed by atoms with E-state index in [0.717, 1.165) is 44.7 Å². The molecule has 1 amide bonds. The first-order valence-corrected chi connectivity index (χ1v) is 9.25. The highest BCUT2D eigenvalue weighted by Gasteiger charge is 2.29. The number of aromatic nitrogens is 4. The van der Waals surface area contributed by atoms with Crippen LogP contribution in [-0.2, 0) is 11.3 Å². The predicted molar refractivity (Wildman–Crippen MR) is 92.9 cm³/mol. The van der Waals surface area contributed by atoms with Gasteiger partial charge in [-0.3, -0.25) is 9.69 Å². The van der Waals surface area contributed by atoms with Crippen molar-refractivity contribution in [2.45, 2.75) is 32.2 Å². The van der Waals surface area contributed by atoms with E-state index in [1.165, 1.54) is 25.0 Å². The molecule has 1 aromatic heterocycles. The van der Waals surface area contributed by atoms with Crippen LogP contribution in [0.5, 0.6) is 0 Å². The van der Waals surface area contributed by atoms with Crippen LogP contribution in [-0.4, -0.2) is 62.1 Å². The number of hydrogen-bond donors (Lipinski definition) is 0. The molecular formula is C18H23FN6O. The van der Waals surface area contributed by atoms with Crippen LogP contribution >= 0.6 is 0 Å². The molecule has 2 aliphatic rings. The molecule has 1 aliphatic heterocycles. The zero-order chi connectivity index (χ0) is 17.9. The standard InChI is InChI=1S/C18H23FN6O/c19-15-5-7-16(8-6-15)25-17(20-21-22-25)13-23-9-11-24(12-10-23)18(26)14-3-1-2-4-14/h5-8,14H,1-4,9-13H2. The van der Waals surface area contributed by atoms with Crippen molar-refractivity contribution < 1.29 is 9.18 Å². The fourth-order valence-electron chi connectivity index (χ4n) is 3.84. The van der Waals surface area contributed by atoms with Crippen LogP contribution in [0.4, 0.5) is 4.39 Å². The van der Waals surface area contributed by atoms with E-state index in [1.807, 2.05) is 4.90 Å². The molecular weight excluding hydrogens is 335 g/mol. The highest BCUT2D eigenvalue weighted by Crippen LogP contribution is 2.27. The summed E-state index contributed by atoms with van der Waals surface area (Å²) < 4.78 is 14.7. The predicted octanol–water partition coefficient (Wildman–Crippen LogP) is 1.64. The Hall–Kier alpha value is -2.35. The van der Waals surface area contributed by atoms with Crippen LogP contribution in [0.2, 0.25) is 0 Å². The van der Waals surface area contributed by atoms with Gasteiger partial charge in [-0.25, -0.2) is 4.39 Å². The zero-order valence-electron chi connectivity index (χ0n) is 14.7. The topological polar surface area (TPSA) is 67.2 Å². The van der Waals surface area contributed by atoms with Gasteiger partial charge >= 0.3 is 0 Å². The molecule has 2 fully saturated rings. The zero-order valence-corrected chi connectivity index (χ0v) is 14.7. The van der Waals surface area contributed by atoms with E-state index in [2.05, 4.69) is 20.4 Å². The number of halogens is 1. The molecule has 138 valence electrons. The Morgan fingerprint density at radius 1 is 1.08 bits per heavy atom. The van der Waals surface area contributed by atoms with E-state index in [0.29, 0.717) is 18.3 Å². The van der Waals surface area contributed by atoms with Gasteiger partial charge in [0.2, 0.25) is 5.91 Å². The minimum Gasteiger partial charge on any atom is -0.340 e. The molecule has 0 spiro atoms. The molecule has 26 heavy (non-hydrogen) atoms.